The second-order valence-corrected chi connectivity index (χ2v) is 12.2. The smallest absolute Gasteiger partial charge is 0.170 e. The quantitative estimate of drug-likeness (QED) is 0.214. The molecule has 0 saturated heterocycles. The van der Waals surface area contributed by atoms with E-state index in [1.807, 2.05) is 54.6 Å². The van der Waals surface area contributed by atoms with Crippen LogP contribution >= 0.6 is 0 Å². The Bertz CT molecular complexity index is 2700. The Hall–Kier alpha value is -6.46. The first-order chi connectivity index (χ1) is 23.7. The van der Waals surface area contributed by atoms with Gasteiger partial charge in [-0.25, -0.2) is 9.98 Å². The number of hydrogen-bond donors (Lipinski definition) is 1. The van der Waals surface area contributed by atoms with Gasteiger partial charge in [0, 0.05) is 38.2 Å². The van der Waals surface area contributed by atoms with Gasteiger partial charge < -0.3 is 14.2 Å². The molecule has 10 rings (SSSR count). The molecule has 0 atom stereocenters. The Morgan fingerprint density at radius 2 is 1.04 bits per heavy atom. The van der Waals surface area contributed by atoms with Crippen LogP contribution in [0.3, 0.4) is 0 Å². The number of hydrogen-bond acceptors (Lipinski definition) is 5. The van der Waals surface area contributed by atoms with Crippen LogP contribution in [-0.2, 0) is 0 Å². The molecule has 0 fully saturated rings. The normalized spacial score (nSPS) is 13.8. The molecular weight excluding hydrogens is 590 g/mol. The fourth-order valence-electron chi connectivity index (χ4n) is 6.97. The Morgan fingerprint density at radius 3 is 1.79 bits per heavy atom. The number of furan rings is 2. The first-order valence-corrected chi connectivity index (χ1v) is 16.1. The zero-order valence-corrected chi connectivity index (χ0v) is 25.7. The molecule has 0 spiro atoms. The van der Waals surface area contributed by atoms with Gasteiger partial charge in [-0.1, -0.05) is 109 Å². The van der Waals surface area contributed by atoms with Crippen LogP contribution in [0.15, 0.2) is 170 Å². The highest BCUT2D eigenvalue weighted by atomic mass is 16.3. The van der Waals surface area contributed by atoms with Crippen molar-refractivity contribution in [2.24, 2.45) is 9.98 Å². The highest BCUT2D eigenvalue weighted by Gasteiger charge is 2.25. The fraction of sp³-hybridized carbons (Fsp3) is 0.0233. The van der Waals surface area contributed by atoms with Crippen molar-refractivity contribution in [3.05, 3.63) is 168 Å². The highest BCUT2D eigenvalue weighted by molar-refractivity contribution is 6.17. The fourth-order valence-corrected chi connectivity index (χ4v) is 6.97. The van der Waals surface area contributed by atoms with Crippen molar-refractivity contribution in [3.8, 4) is 11.1 Å². The van der Waals surface area contributed by atoms with Crippen LogP contribution in [-0.4, -0.2) is 11.7 Å². The van der Waals surface area contributed by atoms with Gasteiger partial charge in [0.15, 0.2) is 6.17 Å². The third-order valence-electron chi connectivity index (χ3n) is 9.29. The van der Waals surface area contributed by atoms with Crippen molar-refractivity contribution in [1.82, 2.24) is 5.32 Å². The third-order valence-corrected chi connectivity index (χ3v) is 9.29. The molecule has 3 heterocycles. The number of rotatable bonds is 4. The average molecular weight is 618 g/mol. The summed E-state index contributed by atoms with van der Waals surface area (Å²) in [4.78, 5) is 10.6. The minimum atomic E-state index is -0.523. The molecule has 0 radical (unpaired) electrons. The molecule has 0 saturated carbocycles. The summed E-state index contributed by atoms with van der Waals surface area (Å²) >= 11 is 0. The zero-order chi connectivity index (χ0) is 31.6. The number of nitrogens with zero attached hydrogens (tertiary/aromatic N) is 2. The van der Waals surface area contributed by atoms with E-state index in [0.717, 1.165) is 94.1 Å². The predicted octanol–water partition coefficient (Wildman–Crippen LogP) is 10.8. The van der Waals surface area contributed by atoms with Gasteiger partial charge in [0.05, 0.1) is 0 Å². The number of fused-ring (bicyclic) bond motifs is 7. The van der Waals surface area contributed by atoms with E-state index in [4.69, 9.17) is 18.8 Å². The topological polar surface area (TPSA) is 63.0 Å². The van der Waals surface area contributed by atoms with Gasteiger partial charge in [0.25, 0.3) is 0 Å². The van der Waals surface area contributed by atoms with E-state index in [1.54, 1.807) is 0 Å². The van der Waals surface area contributed by atoms with E-state index in [0.29, 0.717) is 0 Å². The molecule has 0 bridgehead atoms. The maximum atomic E-state index is 6.69. The Morgan fingerprint density at radius 1 is 0.417 bits per heavy atom. The SMILES string of the molecule is c1ccc(C2=NC(c3cc(-c4ccc5oc6ccccc6c5c4)cc4oc5cc6ccccc6cc5c34)N=C(c3ccccc3)N2)cc1. The van der Waals surface area contributed by atoms with Crippen molar-refractivity contribution in [3.63, 3.8) is 0 Å². The molecule has 5 heteroatoms. The van der Waals surface area contributed by atoms with Crippen LogP contribution in [0.2, 0.25) is 0 Å². The largest absolute Gasteiger partial charge is 0.456 e. The minimum absolute atomic E-state index is 0.523. The number of nitrogens with one attached hydrogen (secondary N) is 1. The van der Waals surface area contributed by atoms with Crippen LogP contribution in [0.5, 0.6) is 0 Å². The van der Waals surface area contributed by atoms with E-state index in [2.05, 4.69) is 102 Å². The number of benzene rings is 7. The van der Waals surface area contributed by atoms with E-state index in [-0.39, 0.29) is 0 Å². The van der Waals surface area contributed by atoms with Crippen LogP contribution in [0, 0.1) is 0 Å². The molecule has 1 aliphatic heterocycles. The van der Waals surface area contributed by atoms with E-state index < -0.39 is 6.17 Å². The second-order valence-electron chi connectivity index (χ2n) is 12.2. The van der Waals surface area contributed by atoms with Gasteiger partial charge in [0.2, 0.25) is 0 Å². The van der Waals surface area contributed by atoms with Gasteiger partial charge in [-0.15, -0.1) is 0 Å². The van der Waals surface area contributed by atoms with Gasteiger partial charge in [0.1, 0.15) is 34.0 Å². The number of aliphatic imine (C=N–C) groups is 2. The molecule has 1 aliphatic rings. The summed E-state index contributed by atoms with van der Waals surface area (Å²) in [6, 6.07) is 52.2. The maximum absolute atomic E-state index is 6.69. The molecule has 1 N–H and O–H groups in total. The van der Waals surface area contributed by atoms with E-state index >= 15 is 0 Å². The summed E-state index contributed by atoms with van der Waals surface area (Å²) in [5.74, 6) is 1.55. The molecule has 226 valence electrons. The lowest BCUT2D eigenvalue weighted by Crippen LogP contribution is -2.36. The molecule has 5 nitrogen and oxygen atoms in total. The first-order valence-electron chi connectivity index (χ1n) is 16.1. The molecule has 0 unspecified atom stereocenters. The molecule has 9 aromatic rings. The Labute approximate surface area is 275 Å². The molecular formula is C43H27N3O2. The van der Waals surface area contributed by atoms with Gasteiger partial charge in [-0.3, -0.25) is 0 Å². The molecule has 2 aromatic heterocycles. The standard InChI is InChI=1S/C43H27N3O2/c1-3-11-26(12-4-1)41-44-42(27-13-5-2-6-14-27)46-43(45-41)35-23-31(30-19-20-37-33(21-30)32-17-9-10-18-36(32)47-37)25-39-40(35)34-22-28-15-7-8-16-29(28)24-38(34)48-39/h1-25,43H,(H,44,45,46). The molecule has 0 amide bonds. The highest BCUT2D eigenvalue weighted by Crippen LogP contribution is 2.42. The van der Waals surface area contributed by atoms with E-state index in [1.165, 1.54) is 0 Å². The lowest BCUT2D eigenvalue weighted by atomic mass is 9.95. The zero-order valence-electron chi connectivity index (χ0n) is 25.7. The van der Waals surface area contributed by atoms with Gasteiger partial charge in [-0.2, -0.15) is 0 Å². The lowest BCUT2D eigenvalue weighted by molar-refractivity contribution is 0.668. The third kappa shape index (κ3) is 4.32. The van der Waals surface area contributed by atoms with Crippen LogP contribution < -0.4 is 5.32 Å². The van der Waals surface area contributed by atoms with Crippen molar-refractivity contribution < 1.29 is 8.83 Å². The van der Waals surface area contributed by atoms with Crippen LogP contribution in [0.4, 0.5) is 0 Å². The monoisotopic (exact) mass is 617 g/mol. The average Bonchev–Trinajstić information content (AvgIpc) is 3.71. The van der Waals surface area contributed by atoms with E-state index in [9.17, 15) is 0 Å². The molecule has 7 aromatic carbocycles. The second kappa shape index (κ2) is 10.5. The minimum Gasteiger partial charge on any atom is -0.456 e. The summed E-state index contributed by atoms with van der Waals surface area (Å²) in [7, 11) is 0. The summed E-state index contributed by atoms with van der Waals surface area (Å²) in [5.41, 5.74) is 8.46. The first kappa shape index (κ1) is 26.7. The summed E-state index contributed by atoms with van der Waals surface area (Å²) in [5, 5.41) is 10.1. The Kier molecular flexibility index (Phi) is 5.87. The van der Waals surface area contributed by atoms with Gasteiger partial charge in [-0.05, 0) is 64.4 Å². The summed E-state index contributed by atoms with van der Waals surface area (Å²) in [6.45, 7) is 0. The van der Waals surface area contributed by atoms with Crippen molar-refractivity contribution in [2.45, 2.75) is 6.17 Å². The maximum Gasteiger partial charge on any atom is 0.170 e. The molecule has 48 heavy (non-hydrogen) atoms. The summed E-state index contributed by atoms with van der Waals surface area (Å²) in [6.07, 6.45) is -0.523. The summed E-state index contributed by atoms with van der Waals surface area (Å²) < 4.78 is 12.8. The van der Waals surface area contributed by atoms with Crippen molar-refractivity contribution in [1.29, 1.82) is 0 Å². The number of amidine groups is 2. The van der Waals surface area contributed by atoms with Crippen LogP contribution in [0.1, 0.15) is 22.9 Å². The van der Waals surface area contributed by atoms with Crippen molar-refractivity contribution >= 4 is 66.3 Å². The Balaban J connectivity index is 1.25. The van der Waals surface area contributed by atoms with Crippen molar-refractivity contribution in [2.75, 3.05) is 0 Å². The van der Waals surface area contributed by atoms with Gasteiger partial charge >= 0.3 is 0 Å². The van der Waals surface area contributed by atoms with Crippen LogP contribution in [0.25, 0.3) is 65.8 Å². The number of para-hydroxylation sites is 1. The molecule has 0 aliphatic carbocycles. The predicted molar refractivity (Wildman–Crippen MR) is 196 cm³/mol. The lowest BCUT2D eigenvalue weighted by Gasteiger charge is -2.23.